The number of nitrogens with one attached hydrogen (secondary N) is 1. The van der Waals surface area contributed by atoms with Crippen LogP contribution in [0.2, 0.25) is 0 Å². The summed E-state index contributed by atoms with van der Waals surface area (Å²) in [5.41, 5.74) is 0.145. The van der Waals surface area contributed by atoms with Crippen LogP contribution in [0.5, 0.6) is 0 Å². The number of halogens is 2. The van der Waals surface area contributed by atoms with Gasteiger partial charge in [0.05, 0.1) is 10.0 Å². The van der Waals surface area contributed by atoms with E-state index < -0.39 is 5.82 Å². The molecule has 0 saturated carbocycles. The molecule has 0 aliphatic heterocycles. The molecule has 1 rings (SSSR count). The Balaban J connectivity index is 2.96. The van der Waals surface area contributed by atoms with E-state index in [2.05, 4.69) is 21.2 Å². The summed E-state index contributed by atoms with van der Waals surface area (Å²) in [5.74, 6) is -0.882. The predicted molar refractivity (Wildman–Crippen MR) is 61.5 cm³/mol. The lowest BCUT2D eigenvalue weighted by Gasteiger charge is -2.10. The van der Waals surface area contributed by atoms with E-state index in [1.54, 1.807) is 26.1 Å². The van der Waals surface area contributed by atoms with Gasteiger partial charge in [-0.1, -0.05) is 13.0 Å². The van der Waals surface area contributed by atoms with Crippen molar-refractivity contribution < 1.29 is 9.18 Å². The first-order valence-electron chi connectivity index (χ1n) is 4.70. The molecular formula is C11H13BrFNO. The highest BCUT2D eigenvalue weighted by Crippen LogP contribution is 2.20. The third-order valence-electron chi connectivity index (χ3n) is 2.17. The summed E-state index contributed by atoms with van der Waals surface area (Å²) in [7, 11) is 1.76. The predicted octanol–water partition coefficient (Wildman–Crippen LogP) is 2.63. The average Bonchev–Trinajstić information content (AvgIpc) is 2.21. The van der Waals surface area contributed by atoms with Gasteiger partial charge in [0.25, 0.3) is 0 Å². The molecule has 0 spiro atoms. The molecule has 0 amide bonds. The molecule has 15 heavy (non-hydrogen) atoms. The Morgan fingerprint density at radius 1 is 1.60 bits per heavy atom. The van der Waals surface area contributed by atoms with Gasteiger partial charge in [0.1, 0.15) is 5.82 Å². The van der Waals surface area contributed by atoms with Crippen LogP contribution in [0.4, 0.5) is 4.39 Å². The van der Waals surface area contributed by atoms with Crippen molar-refractivity contribution in [2.45, 2.75) is 6.92 Å². The first-order chi connectivity index (χ1) is 7.07. The van der Waals surface area contributed by atoms with Crippen LogP contribution in [-0.2, 0) is 0 Å². The van der Waals surface area contributed by atoms with E-state index in [0.717, 1.165) is 0 Å². The quantitative estimate of drug-likeness (QED) is 0.855. The highest BCUT2D eigenvalue weighted by Gasteiger charge is 2.19. The highest BCUT2D eigenvalue weighted by molar-refractivity contribution is 9.10. The second-order valence-electron chi connectivity index (χ2n) is 3.42. The SMILES string of the molecule is CNCC(C)C(=O)c1cccc(Br)c1F. The molecule has 1 N–H and O–H groups in total. The molecule has 1 atom stereocenters. The number of benzene rings is 1. The first-order valence-corrected chi connectivity index (χ1v) is 5.50. The summed E-state index contributed by atoms with van der Waals surface area (Å²) in [4.78, 5) is 11.8. The Labute approximate surface area is 97.0 Å². The molecule has 0 heterocycles. The lowest BCUT2D eigenvalue weighted by molar-refractivity contribution is 0.0926. The zero-order chi connectivity index (χ0) is 11.4. The smallest absolute Gasteiger partial charge is 0.169 e. The Morgan fingerprint density at radius 3 is 2.87 bits per heavy atom. The van der Waals surface area contributed by atoms with Gasteiger partial charge < -0.3 is 5.32 Å². The molecule has 0 saturated heterocycles. The number of rotatable bonds is 4. The Bertz CT molecular complexity index is 368. The van der Waals surface area contributed by atoms with Crippen molar-refractivity contribution in [1.82, 2.24) is 5.32 Å². The fourth-order valence-corrected chi connectivity index (χ4v) is 1.72. The maximum atomic E-state index is 13.6. The third-order valence-corrected chi connectivity index (χ3v) is 2.79. The van der Waals surface area contributed by atoms with Crippen LogP contribution in [-0.4, -0.2) is 19.4 Å². The van der Waals surface area contributed by atoms with Crippen LogP contribution in [0.25, 0.3) is 0 Å². The standard InChI is InChI=1S/C11H13BrFNO/c1-7(6-14-2)11(15)8-4-3-5-9(12)10(8)13/h3-5,7,14H,6H2,1-2H3. The lowest BCUT2D eigenvalue weighted by Crippen LogP contribution is -2.24. The summed E-state index contributed by atoms with van der Waals surface area (Å²) < 4.78 is 13.9. The number of carbonyl (C=O) groups excluding carboxylic acids is 1. The Morgan fingerprint density at radius 2 is 2.27 bits per heavy atom. The van der Waals surface area contributed by atoms with Crippen LogP contribution in [0.15, 0.2) is 22.7 Å². The van der Waals surface area contributed by atoms with Crippen LogP contribution >= 0.6 is 15.9 Å². The van der Waals surface area contributed by atoms with Crippen molar-refractivity contribution >= 4 is 21.7 Å². The molecule has 82 valence electrons. The molecule has 0 radical (unpaired) electrons. The molecule has 1 aromatic rings. The normalized spacial score (nSPS) is 12.5. The van der Waals surface area contributed by atoms with Crippen LogP contribution < -0.4 is 5.32 Å². The maximum absolute atomic E-state index is 13.6. The minimum Gasteiger partial charge on any atom is -0.319 e. The molecule has 2 nitrogen and oxygen atoms in total. The van der Waals surface area contributed by atoms with Gasteiger partial charge in [0, 0.05) is 12.5 Å². The molecular weight excluding hydrogens is 261 g/mol. The summed E-state index contributed by atoms with van der Waals surface area (Å²) in [6.45, 7) is 2.32. The van der Waals surface area contributed by atoms with Crippen molar-refractivity contribution in [2.24, 2.45) is 5.92 Å². The summed E-state index contributed by atoms with van der Waals surface area (Å²) in [5, 5.41) is 2.90. The van der Waals surface area contributed by atoms with E-state index in [1.165, 1.54) is 6.07 Å². The van der Waals surface area contributed by atoms with Crippen LogP contribution in [0.1, 0.15) is 17.3 Å². The van der Waals surface area contributed by atoms with E-state index >= 15 is 0 Å². The van der Waals surface area contributed by atoms with Gasteiger partial charge in [-0.05, 0) is 35.1 Å². The minimum atomic E-state index is -0.481. The molecule has 0 aliphatic carbocycles. The lowest BCUT2D eigenvalue weighted by atomic mass is 9.99. The van der Waals surface area contributed by atoms with E-state index in [9.17, 15) is 9.18 Å². The van der Waals surface area contributed by atoms with Crippen molar-refractivity contribution in [3.05, 3.63) is 34.1 Å². The van der Waals surface area contributed by atoms with Gasteiger partial charge in [0.15, 0.2) is 5.78 Å². The van der Waals surface area contributed by atoms with Crippen molar-refractivity contribution in [3.63, 3.8) is 0 Å². The van der Waals surface area contributed by atoms with Gasteiger partial charge in [-0.2, -0.15) is 0 Å². The number of Topliss-reactive ketones (excluding diaryl/α,β-unsaturated/α-hetero) is 1. The average molecular weight is 274 g/mol. The largest absolute Gasteiger partial charge is 0.319 e. The topological polar surface area (TPSA) is 29.1 Å². The van der Waals surface area contributed by atoms with Gasteiger partial charge in [0.2, 0.25) is 0 Å². The number of ketones is 1. The van der Waals surface area contributed by atoms with Gasteiger partial charge in [-0.25, -0.2) is 4.39 Å². The van der Waals surface area contributed by atoms with Crippen molar-refractivity contribution in [3.8, 4) is 0 Å². The molecule has 0 aromatic heterocycles. The van der Waals surface area contributed by atoms with E-state index in [1.807, 2.05) is 0 Å². The van der Waals surface area contributed by atoms with Gasteiger partial charge >= 0.3 is 0 Å². The van der Waals surface area contributed by atoms with Crippen molar-refractivity contribution in [1.29, 1.82) is 0 Å². The van der Waals surface area contributed by atoms with Gasteiger partial charge in [-0.3, -0.25) is 4.79 Å². The highest BCUT2D eigenvalue weighted by atomic mass is 79.9. The summed E-state index contributed by atoms with van der Waals surface area (Å²) in [6.07, 6.45) is 0. The van der Waals surface area contributed by atoms with Crippen molar-refractivity contribution in [2.75, 3.05) is 13.6 Å². The number of carbonyl (C=O) groups is 1. The molecule has 0 aliphatic rings. The van der Waals surface area contributed by atoms with Crippen LogP contribution in [0.3, 0.4) is 0 Å². The fraction of sp³-hybridized carbons (Fsp3) is 0.364. The summed E-state index contributed by atoms with van der Waals surface area (Å²) >= 11 is 3.06. The molecule has 1 aromatic carbocycles. The second-order valence-corrected chi connectivity index (χ2v) is 4.28. The van der Waals surface area contributed by atoms with E-state index in [4.69, 9.17) is 0 Å². The van der Waals surface area contributed by atoms with Gasteiger partial charge in [-0.15, -0.1) is 0 Å². The monoisotopic (exact) mass is 273 g/mol. The maximum Gasteiger partial charge on any atom is 0.169 e. The van der Waals surface area contributed by atoms with E-state index in [-0.39, 0.29) is 17.3 Å². The van der Waals surface area contributed by atoms with E-state index in [0.29, 0.717) is 11.0 Å². The number of hydrogen-bond donors (Lipinski definition) is 1. The third kappa shape index (κ3) is 2.86. The zero-order valence-electron chi connectivity index (χ0n) is 8.68. The molecule has 4 heteroatoms. The minimum absolute atomic E-state index is 0.145. The van der Waals surface area contributed by atoms with Crippen LogP contribution in [0, 0.1) is 11.7 Å². The Kier molecular flexibility index (Phi) is 4.42. The second kappa shape index (κ2) is 5.37. The molecule has 1 unspecified atom stereocenters. The molecule has 0 fully saturated rings. The fourth-order valence-electron chi connectivity index (χ4n) is 1.36. The molecule has 0 bridgehead atoms. The Hall–Kier alpha value is -0.740. The first kappa shape index (κ1) is 12.3. The summed E-state index contributed by atoms with van der Waals surface area (Å²) in [6, 6.07) is 4.75. The number of hydrogen-bond acceptors (Lipinski definition) is 2. The zero-order valence-corrected chi connectivity index (χ0v) is 10.3.